The van der Waals surface area contributed by atoms with Crippen LogP contribution in [0.4, 0.5) is 0 Å². The lowest BCUT2D eigenvalue weighted by Crippen LogP contribution is -2.31. The summed E-state index contributed by atoms with van der Waals surface area (Å²) >= 11 is 0. The highest BCUT2D eigenvalue weighted by Gasteiger charge is 2.37. The van der Waals surface area contributed by atoms with Crippen molar-refractivity contribution in [3.63, 3.8) is 0 Å². The summed E-state index contributed by atoms with van der Waals surface area (Å²) in [5.41, 5.74) is 2.43. The van der Waals surface area contributed by atoms with Gasteiger partial charge in [-0.3, -0.25) is 4.79 Å². The minimum absolute atomic E-state index is 0.148. The minimum Gasteiger partial charge on any atom is -0.493 e. The predicted molar refractivity (Wildman–Crippen MR) is 81.7 cm³/mol. The van der Waals surface area contributed by atoms with Crippen LogP contribution in [0.25, 0.3) is 0 Å². The van der Waals surface area contributed by atoms with Crippen molar-refractivity contribution in [2.45, 2.75) is 45.4 Å². The number of fused-ring (bicyclic) bond motifs is 1. The molecule has 21 heavy (non-hydrogen) atoms. The molecule has 3 nitrogen and oxygen atoms in total. The van der Waals surface area contributed by atoms with Gasteiger partial charge < -0.3 is 9.84 Å². The van der Waals surface area contributed by atoms with Gasteiger partial charge in [-0.1, -0.05) is 26.0 Å². The number of rotatable bonds is 3. The normalized spacial score (nSPS) is 28.2. The molecule has 1 aromatic carbocycles. The van der Waals surface area contributed by atoms with Gasteiger partial charge in [0.25, 0.3) is 0 Å². The number of ether oxygens (including phenoxy) is 1. The van der Waals surface area contributed by atoms with E-state index in [-0.39, 0.29) is 11.8 Å². The maximum atomic E-state index is 11.6. The Kier molecular flexibility index (Phi) is 3.92. The SMILES string of the molecule is CC(C)C1CCC(C(=O)O)C(c2ccc3c(c2)CCO3)C1. The number of benzene rings is 1. The van der Waals surface area contributed by atoms with Crippen LogP contribution in [0.15, 0.2) is 18.2 Å². The monoisotopic (exact) mass is 288 g/mol. The van der Waals surface area contributed by atoms with Gasteiger partial charge >= 0.3 is 5.97 Å². The zero-order chi connectivity index (χ0) is 15.0. The van der Waals surface area contributed by atoms with Crippen molar-refractivity contribution < 1.29 is 14.6 Å². The van der Waals surface area contributed by atoms with Gasteiger partial charge in [-0.05, 0) is 54.2 Å². The predicted octanol–water partition coefficient (Wildman–Crippen LogP) is 3.86. The zero-order valence-corrected chi connectivity index (χ0v) is 12.8. The third kappa shape index (κ3) is 2.78. The Morgan fingerprint density at radius 3 is 2.86 bits per heavy atom. The second kappa shape index (κ2) is 5.70. The van der Waals surface area contributed by atoms with E-state index in [1.807, 2.05) is 6.07 Å². The first kappa shape index (κ1) is 14.4. The van der Waals surface area contributed by atoms with E-state index in [1.54, 1.807) is 0 Å². The third-order valence-electron chi connectivity index (χ3n) is 5.29. The molecular formula is C18H24O3. The van der Waals surface area contributed by atoms with Crippen LogP contribution < -0.4 is 4.74 Å². The van der Waals surface area contributed by atoms with Crippen molar-refractivity contribution >= 4 is 5.97 Å². The van der Waals surface area contributed by atoms with E-state index in [0.29, 0.717) is 11.8 Å². The number of hydrogen-bond acceptors (Lipinski definition) is 2. The molecule has 0 amide bonds. The van der Waals surface area contributed by atoms with Crippen LogP contribution in [-0.4, -0.2) is 17.7 Å². The van der Waals surface area contributed by atoms with Crippen molar-refractivity contribution in [1.29, 1.82) is 0 Å². The highest BCUT2D eigenvalue weighted by atomic mass is 16.5. The molecule has 0 aromatic heterocycles. The molecule has 114 valence electrons. The van der Waals surface area contributed by atoms with Crippen LogP contribution in [0.1, 0.15) is 50.2 Å². The Hall–Kier alpha value is -1.51. The summed E-state index contributed by atoms with van der Waals surface area (Å²) in [7, 11) is 0. The second-order valence-corrected chi connectivity index (χ2v) is 6.83. The van der Waals surface area contributed by atoms with Gasteiger partial charge in [0.05, 0.1) is 12.5 Å². The third-order valence-corrected chi connectivity index (χ3v) is 5.29. The molecule has 0 bridgehead atoms. The van der Waals surface area contributed by atoms with Gasteiger partial charge in [-0.15, -0.1) is 0 Å². The summed E-state index contributed by atoms with van der Waals surface area (Å²) < 4.78 is 5.56. The van der Waals surface area contributed by atoms with Gasteiger partial charge in [0, 0.05) is 6.42 Å². The molecule has 1 aliphatic heterocycles. The number of carbonyl (C=O) groups is 1. The van der Waals surface area contributed by atoms with Gasteiger partial charge in [0.15, 0.2) is 0 Å². The Balaban J connectivity index is 1.89. The lowest BCUT2D eigenvalue weighted by molar-refractivity contribution is -0.144. The average molecular weight is 288 g/mol. The van der Waals surface area contributed by atoms with Crippen molar-refractivity contribution in [3.8, 4) is 5.75 Å². The maximum absolute atomic E-state index is 11.6. The molecule has 0 saturated heterocycles. The van der Waals surface area contributed by atoms with E-state index < -0.39 is 5.97 Å². The Morgan fingerprint density at radius 2 is 2.14 bits per heavy atom. The van der Waals surface area contributed by atoms with Gasteiger partial charge in [0.2, 0.25) is 0 Å². The molecule has 0 radical (unpaired) electrons. The summed E-state index contributed by atoms with van der Waals surface area (Å²) in [6, 6.07) is 6.29. The van der Waals surface area contributed by atoms with Gasteiger partial charge in [-0.2, -0.15) is 0 Å². The van der Waals surface area contributed by atoms with Gasteiger partial charge in [-0.25, -0.2) is 0 Å². The number of hydrogen-bond donors (Lipinski definition) is 1. The molecule has 3 heteroatoms. The summed E-state index contributed by atoms with van der Waals surface area (Å²) in [5, 5.41) is 9.56. The maximum Gasteiger partial charge on any atom is 0.307 e. The zero-order valence-electron chi connectivity index (χ0n) is 12.8. The molecule has 1 N–H and O–H groups in total. The van der Waals surface area contributed by atoms with Crippen LogP contribution >= 0.6 is 0 Å². The van der Waals surface area contributed by atoms with Crippen molar-refractivity contribution in [2.24, 2.45) is 17.8 Å². The molecule has 2 aliphatic rings. The van der Waals surface area contributed by atoms with Crippen LogP contribution in [0, 0.1) is 17.8 Å². The summed E-state index contributed by atoms with van der Waals surface area (Å²) in [6.45, 7) is 5.25. The molecule has 1 aromatic rings. The quantitative estimate of drug-likeness (QED) is 0.918. The first-order valence-corrected chi connectivity index (χ1v) is 8.04. The Labute approximate surface area is 126 Å². The summed E-state index contributed by atoms with van der Waals surface area (Å²) in [4.78, 5) is 11.6. The van der Waals surface area contributed by atoms with E-state index in [0.717, 1.165) is 38.0 Å². The molecule has 0 spiro atoms. The van der Waals surface area contributed by atoms with Crippen molar-refractivity contribution in [1.82, 2.24) is 0 Å². The Bertz CT molecular complexity index is 535. The molecule has 1 heterocycles. The van der Waals surface area contributed by atoms with Crippen LogP contribution in [0.5, 0.6) is 5.75 Å². The van der Waals surface area contributed by atoms with E-state index in [9.17, 15) is 9.90 Å². The van der Waals surface area contributed by atoms with Crippen LogP contribution in [-0.2, 0) is 11.2 Å². The molecule has 3 unspecified atom stereocenters. The standard InChI is InChI=1S/C18H24O3/c1-11(2)12-3-5-15(18(19)20)16(10-12)13-4-6-17-14(9-13)7-8-21-17/h4,6,9,11-12,15-16H,3,5,7-8,10H2,1-2H3,(H,19,20). The lowest BCUT2D eigenvalue weighted by Gasteiger charge is -2.36. The minimum atomic E-state index is -0.640. The Morgan fingerprint density at radius 1 is 1.33 bits per heavy atom. The first-order chi connectivity index (χ1) is 10.1. The highest BCUT2D eigenvalue weighted by molar-refractivity contribution is 5.71. The van der Waals surface area contributed by atoms with Crippen molar-refractivity contribution in [3.05, 3.63) is 29.3 Å². The van der Waals surface area contributed by atoms with Crippen LogP contribution in [0.3, 0.4) is 0 Å². The van der Waals surface area contributed by atoms with Crippen LogP contribution in [0.2, 0.25) is 0 Å². The lowest BCUT2D eigenvalue weighted by atomic mass is 9.68. The summed E-state index contributed by atoms with van der Waals surface area (Å²) in [6.07, 6.45) is 3.78. The van der Waals surface area contributed by atoms with E-state index in [1.165, 1.54) is 11.1 Å². The molecule has 1 aliphatic carbocycles. The number of carboxylic acids is 1. The second-order valence-electron chi connectivity index (χ2n) is 6.83. The fourth-order valence-corrected chi connectivity index (χ4v) is 3.91. The fourth-order valence-electron chi connectivity index (χ4n) is 3.91. The smallest absolute Gasteiger partial charge is 0.307 e. The topological polar surface area (TPSA) is 46.5 Å². The highest BCUT2D eigenvalue weighted by Crippen LogP contribution is 2.44. The van der Waals surface area contributed by atoms with Gasteiger partial charge in [0.1, 0.15) is 5.75 Å². The molecule has 1 fully saturated rings. The molecule has 1 saturated carbocycles. The van der Waals surface area contributed by atoms with E-state index in [2.05, 4.69) is 26.0 Å². The molecule has 3 rings (SSSR count). The largest absolute Gasteiger partial charge is 0.493 e. The van der Waals surface area contributed by atoms with E-state index in [4.69, 9.17) is 4.74 Å². The van der Waals surface area contributed by atoms with E-state index >= 15 is 0 Å². The number of carboxylic acid groups (broad SMARTS) is 1. The molecular weight excluding hydrogens is 264 g/mol. The summed E-state index contributed by atoms with van der Waals surface area (Å²) in [5.74, 6) is 1.51. The number of aliphatic carboxylic acids is 1. The fraction of sp³-hybridized carbons (Fsp3) is 0.611. The average Bonchev–Trinajstić information content (AvgIpc) is 2.93. The first-order valence-electron chi connectivity index (χ1n) is 8.04. The van der Waals surface area contributed by atoms with Crippen molar-refractivity contribution in [2.75, 3.05) is 6.61 Å². The molecule has 3 atom stereocenters.